The lowest BCUT2D eigenvalue weighted by Crippen LogP contribution is -2.27. The molecule has 8 heteroatoms. The predicted molar refractivity (Wildman–Crippen MR) is 147 cm³/mol. The number of oxime groups is 1. The van der Waals surface area contributed by atoms with Crippen molar-refractivity contribution >= 4 is 16.6 Å². The zero-order valence-electron chi connectivity index (χ0n) is 22.0. The number of methoxy groups -OCH3 is 2. The Morgan fingerprint density at radius 3 is 2.47 bits per heavy atom. The molecule has 0 spiro atoms. The van der Waals surface area contributed by atoms with Crippen molar-refractivity contribution in [2.24, 2.45) is 5.16 Å². The molecule has 5 rings (SSSR count). The van der Waals surface area contributed by atoms with Crippen molar-refractivity contribution in [2.75, 3.05) is 40.5 Å². The number of furan rings is 1. The Hall–Kier alpha value is -4.35. The summed E-state index contributed by atoms with van der Waals surface area (Å²) in [5, 5.41) is 5.56. The van der Waals surface area contributed by atoms with E-state index in [1.807, 2.05) is 30.3 Å². The number of benzene rings is 2. The minimum absolute atomic E-state index is 0.595. The molecule has 0 fully saturated rings. The molecular formula is C30H31N3O5. The lowest BCUT2D eigenvalue weighted by molar-refractivity contribution is 0.0996. The molecule has 4 aromatic rings. The fraction of sp³-hybridized carbons (Fsp3) is 0.300. The Labute approximate surface area is 222 Å². The van der Waals surface area contributed by atoms with Crippen LogP contribution in [0.4, 0.5) is 0 Å². The van der Waals surface area contributed by atoms with E-state index in [-0.39, 0.29) is 0 Å². The van der Waals surface area contributed by atoms with Gasteiger partial charge in [-0.15, -0.1) is 6.42 Å². The number of rotatable bonds is 11. The molecule has 1 aliphatic rings. The minimum atomic E-state index is -0.696. The largest absolute Gasteiger partial charge is 0.493 e. The number of terminal acetylenes is 1. The maximum absolute atomic E-state index is 6.12. The van der Waals surface area contributed by atoms with Crippen LogP contribution in [0.3, 0.4) is 0 Å². The zero-order chi connectivity index (χ0) is 26.6. The number of hydrogen-bond donors (Lipinski definition) is 1. The molecule has 0 amide bonds. The molecule has 8 nitrogen and oxygen atoms in total. The van der Waals surface area contributed by atoms with Gasteiger partial charge in [-0.3, -0.25) is 0 Å². The summed E-state index contributed by atoms with van der Waals surface area (Å²) in [7, 11) is 3.23. The van der Waals surface area contributed by atoms with Crippen LogP contribution in [-0.2, 0) is 4.84 Å². The monoisotopic (exact) mass is 513 g/mol. The van der Waals surface area contributed by atoms with E-state index in [0.717, 1.165) is 58.7 Å². The van der Waals surface area contributed by atoms with Gasteiger partial charge in [0.25, 0.3) is 0 Å². The van der Waals surface area contributed by atoms with E-state index in [9.17, 15) is 0 Å². The van der Waals surface area contributed by atoms with Crippen LogP contribution in [0.25, 0.3) is 22.2 Å². The average molecular weight is 514 g/mol. The fourth-order valence-corrected chi connectivity index (χ4v) is 4.77. The van der Waals surface area contributed by atoms with E-state index in [4.69, 9.17) is 29.9 Å². The van der Waals surface area contributed by atoms with E-state index < -0.39 is 6.10 Å². The lowest BCUT2D eigenvalue weighted by atomic mass is 10.1. The summed E-state index contributed by atoms with van der Waals surface area (Å²) in [6, 6.07) is 11.7. The third-order valence-electron chi connectivity index (χ3n) is 6.87. The molecule has 0 saturated heterocycles. The van der Waals surface area contributed by atoms with E-state index in [1.54, 1.807) is 32.8 Å². The van der Waals surface area contributed by atoms with Crippen LogP contribution in [0.1, 0.15) is 36.6 Å². The Morgan fingerprint density at radius 1 is 1.05 bits per heavy atom. The van der Waals surface area contributed by atoms with Gasteiger partial charge in [0.1, 0.15) is 18.1 Å². The summed E-state index contributed by atoms with van der Waals surface area (Å²) < 4.78 is 22.5. The molecule has 2 aromatic heterocycles. The van der Waals surface area contributed by atoms with Gasteiger partial charge < -0.3 is 33.3 Å². The highest BCUT2D eigenvalue weighted by molar-refractivity contribution is 6.30. The van der Waals surface area contributed by atoms with Crippen LogP contribution in [0.15, 0.2) is 58.5 Å². The summed E-state index contributed by atoms with van der Waals surface area (Å²) in [6.45, 7) is 7.76. The highest BCUT2D eigenvalue weighted by Crippen LogP contribution is 2.46. The Bertz CT molecular complexity index is 1490. The fourth-order valence-electron chi connectivity index (χ4n) is 4.77. The van der Waals surface area contributed by atoms with Gasteiger partial charge in [-0.05, 0) is 49.5 Å². The van der Waals surface area contributed by atoms with Gasteiger partial charge in [-0.1, -0.05) is 24.9 Å². The highest BCUT2D eigenvalue weighted by Gasteiger charge is 2.32. The number of nitrogens with one attached hydrogen (secondary N) is 1. The van der Waals surface area contributed by atoms with Gasteiger partial charge in [0.15, 0.2) is 11.5 Å². The smallest absolute Gasteiger partial charge is 0.215 e. The second-order valence-corrected chi connectivity index (χ2v) is 8.86. The van der Waals surface area contributed by atoms with Gasteiger partial charge in [-0.2, -0.15) is 0 Å². The average Bonchev–Trinajstić information content (AvgIpc) is 3.67. The number of nitrogens with zero attached hydrogens (tertiary/aromatic N) is 2. The molecule has 196 valence electrons. The Balaban J connectivity index is 1.57. The molecule has 38 heavy (non-hydrogen) atoms. The Morgan fingerprint density at radius 2 is 1.82 bits per heavy atom. The molecule has 1 unspecified atom stereocenters. The molecule has 1 aliphatic carbocycles. The summed E-state index contributed by atoms with van der Waals surface area (Å²) in [6.07, 6.45) is 8.16. The summed E-state index contributed by atoms with van der Waals surface area (Å²) in [5.74, 6) is 4.64. The SMILES string of the molecule is C#CC(ON=C1c2cc(OC)c(OC)cc2-c2[nH]c3ccc(OCCN(CC)CC)cc3c21)c1ccoc1. The zero-order valence-corrected chi connectivity index (χ0v) is 22.0. The van der Waals surface area contributed by atoms with Crippen LogP contribution in [0.2, 0.25) is 0 Å². The van der Waals surface area contributed by atoms with Gasteiger partial charge in [0, 0.05) is 39.7 Å². The van der Waals surface area contributed by atoms with Gasteiger partial charge in [0.05, 0.1) is 32.4 Å². The van der Waals surface area contributed by atoms with Crippen molar-refractivity contribution in [3.63, 3.8) is 0 Å². The van der Waals surface area contributed by atoms with E-state index >= 15 is 0 Å². The molecule has 0 bridgehead atoms. The second-order valence-electron chi connectivity index (χ2n) is 8.86. The first-order valence-electron chi connectivity index (χ1n) is 12.6. The van der Waals surface area contributed by atoms with Gasteiger partial charge >= 0.3 is 0 Å². The van der Waals surface area contributed by atoms with Crippen molar-refractivity contribution in [1.82, 2.24) is 9.88 Å². The minimum Gasteiger partial charge on any atom is -0.493 e. The number of hydrogen-bond acceptors (Lipinski definition) is 7. The number of aromatic amines is 1. The first-order valence-corrected chi connectivity index (χ1v) is 12.6. The van der Waals surface area contributed by atoms with Crippen LogP contribution >= 0.6 is 0 Å². The lowest BCUT2D eigenvalue weighted by Gasteiger charge is -2.18. The van der Waals surface area contributed by atoms with Crippen molar-refractivity contribution < 1.29 is 23.5 Å². The number of ether oxygens (including phenoxy) is 3. The molecule has 0 radical (unpaired) electrons. The number of H-pyrrole nitrogens is 1. The van der Waals surface area contributed by atoms with Crippen LogP contribution < -0.4 is 14.2 Å². The van der Waals surface area contributed by atoms with Crippen molar-refractivity contribution in [2.45, 2.75) is 20.0 Å². The summed E-state index contributed by atoms with van der Waals surface area (Å²) in [5.41, 5.74) is 5.92. The number of fused-ring (bicyclic) bond motifs is 5. The molecule has 2 aromatic carbocycles. The van der Waals surface area contributed by atoms with Gasteiger partial charge in [0.2, 0.25) is 6.10 Å². The molecule has 0 saturated carbocycles. The number of likely N-dealkylation sites (N-methyl/N-ethyl adjacent to an activating group) is 1. The van der Waals surface area contributed by atoms with Gasteiger partial charge in [-0.25, -0.2) is 0 Å². The Kier molecular flexibility index (Phi) is 7.29. The highest BCUT2D eigenvalue weighted by atomic mass is 16.6. The third kappa shape index (κ3) is 4.57. The van der Waals surface area contributed by atoms with Crippen LogP contribution in [0, 0.1) is 12.3 Å². The number of aromatic nitrogens is 1. The molecule has 2 heterocycles. The molecule has 1 N–H and O–H groups in total. The van der Waals surface area contributed by atoms with Crippen molar-refractivity contribution in [3.8, 4) is 40.8 Å². The van der Waals surface area contributed by atoms with Crippen molar-refractivity contribution in [3.05, 3.63) is 65.6 Å². The second kappa shape index (κ2) is 11.0. The van der Waals surface area contributed by atoms with E-state index in [0.29, 0.717) is 29.4 Å². The molecule has 0 aliphatic heterocycles. The van der Waals surface area contributed by atoms with Crippen LogP contribution in [0.5, 0.6) is 17.2 Å². The van der Waals surface area contributed by atoms with Crippen molar-refractivity contribution in [1.29, 1.82) is 0 Å². The third-order valence-corrected chi connectivity index (χ3v) is 6.87. The topological polar surface area (TPSA) is 81.4 Å². The van der Waals surface area contributed by atoms with E-state index in [1.165, 1.54) is 0 Å². The van der Waals surface area contributed by atoms with E-state index in [2.05, 4.69) is 34.8 Å². The summed E-state index contributed by atoms with van der Waals surface area (Å²) >= 11 is 0. The maximum atomic E-state index is 6.12. The quantitative estimate of drug-likeness (QED) is 0.182. The normalized spacial score (nSPS) is 13.8. The summed E-state index contributed by atoms with van der Waals surface area (Å²) in [4.78, 5) is 11.8. The standard InChI is InChI=1S/C30H31N3O5/c1-6-25(19-11-13-36-18-19)38-32-30-22-17-27(35-5)26(34-4)16-21(22)29-28(30)23-15-20(9-10-24(23)31-29)37-14-12-33(7-2)8-3/h1,9-11,13,15-18,25,31H,7-8,12,14H2,2-5H3. The van der Waals surface area contributed by atoms with Crippen LogP contribution in [-0.4, -0.2) is 56.1 Å². The first-order chi connectivity index (χ1) is 18.6. The maximum Gasteiger partial charge on any atom is 0.215 e. The molecule has 1 atom stereocenters. The predicted octanol–water partition coefficient (Wildman–Crippen LogP) is 5.62. The molecular weight excluding hydrogens is 482 g/mol. The first kappa shape index (κ1) is 25.3.